The number of nitrogens with zero attached hydrogens (tertiary/aromatic N) is 1. The fourth-order valence-electron chi connectivity index (χ4n) is 3.48. The lowest BCUT2D eigenvalue weighted by atomic mass is 10.0. The van der Waals surface area contributed by atoms with Gasteiger partial charge in [-0.2, -0.15) is 5.26 Å². The highest BCUT2D eigenvalue weighted by molar-refractivity contribution is 6.84. The Morgan fingerprint density at radius 2 is 1.38 bits per heavy atom. The highest BCUT2D eigenvalue weighted by atomic mass is 28.4. The first-order valence-corrected chi connectivity index (χ1v) is 15.8. The van der Waals surface area contributed by atoms with E-state index in [1.165, 1.54) is 30.0 Å². The van der Waals surface area contributed by atoms with E-state index in [2.05, 4.69) is 63.4 Å². The second-order valence-corrected chi connectivity index (χ2v) is 17.0. The van der Waals surface area contributed by atoms with Gasteiger partial charge in [0.1, 0.15) is 0 Å². The van der Waals surface area contributed by atoms with E-state index >= 15 is 0 Å². The molecule has 0 radical (unpaired) electrons. The average molecular weight is 382 g/mol. The minimum absolute atomic E-state index is 0.699. The molecule has 26 heavy (non-hydrogen) atoms. The fraction of sp³-hybridized carbons (Fsp3) is 0.409. The monoisotopic (exact) mass is 381 g/mol. The lowest BCUT2D eigenvalue weighted by Gasteiger charge is -2.34. The number of hydrogen-bond acceptors (Lipinski definition) is 2. The molecule has 2 aromatic carbocycles. The zero-order valence-electron chi connectivity index (χ0n) is 16.8. The van der Waals surface area contributed by atoms with Gasteiger partial charge < -0.3 is 4.12 Å². The molecule has 0 atom stereocenters. The summed E-state index contributed by atoms with van der Waals surface area (Å²) in [4.78, 5) is 0. The molecule has 0 spiro atoms. The van der Waals surface area contributed by atoms with Crippen LogP contribution in [0.3, 0.4) is 0 Å². The van der Waals surface area contributed by atoms with Crippen molar-refractivity contribution in [2.24, 2.45) is 0 Å². The molecule has 0 amide bonds. The van der Waals surface area contributed by atoms with Gasteiger partial charge in [0, 0.05) is 0 Å². The van der Waals surface area contributed by atoms with Crippen LogP contribution in [-0.4, -0.2) is 16.6 Å². The predicted octanol–water partition coefficient (Wildman–Crippen LogP) is 6.53. The Bertz CT molecular complexity index is 743. The summed E-state index contributed by atoms with van der Waals surface area (Å²) in [5, 5.41) is 8.92. The number of nitriles is 1. The Labute approximate surface area is 161 Å². The summed E-state index contributed by atoms with van der Waals surface area (Å²) in [6.45, 7) is 11.7. The van der Waals surface area contributed by atoms with Crippen LogP contribution in [0, 0.1) is 11.3 Å². The second kappa shape index (κ2) is 8.81. The van der Waals surface area contributed by atoms with Gasteiger partial charge in [0.05, 0.1) is 11.6 Å². The van der Waals surface area contributed by atoms with Crippen molar-refractivity contribution in [2.45, 2.75) is 58.0 Å². The van der Waals surface area contributed by atoms with Crippen LogP contribution in [0.25, 0.3) is 11.1 Å². The molecule has 0 saturated heterocycles. The number of benzene rings is 2. The van der Waals surface area contributed by atoms with Gasteiger partial charge in [0.15, 0.2) is 16.6 Å². The molecule has 0 heterocycles. The third kappa shape index (κ3) is 6.24. The van der Waals surface area contributed by atoms with E-state index < -0.39 is 16.6 Å². The molecular weight excluding hydrogens is 350 g/mol. The summed E-state index contributed by atoms with van der Waals surface area (Å²) < 4.78 is 6.72. The summed E-state index contributed by atoms with van der Waals surface area (Å²) >= 11 is 0. The van der Waals surface area contributed by atoms with Crippen molar-refractivity contribution in [2.75, 3.05) is 0 Å². The molecule has 0 aliphatic carbocycles. The zero-order valence-corrected chi connectivity index (χ0v) is 18.8. The predicted molar refractivity (Wildman–Crippen MR) is 116 cm³/mol. The number of rotatable bonds is 8. The Balaban J connectivity index is 2.04. The van der Waals surface area contributed by atoms with Gasteiger partial charge in [-0.25, -0.2) is 0 Å². The van der Waals surface area contributed by atoms with Crippen molar-refractivity contribution in [3.05, 3.63) is 59.7 Å². The maximum absolute atomic E-state index is 8.92. The molecule has 2 nitrogen and oxygen atoms in total. The molecule has 0 aromatic heterocycles. The Morgan fingerprint density at radius 3 is 1.88 bits per heavy atom. The summed E-state index contributed by atoms with van der Waals surface area (Å²) in [6, 6.07) is 21.1. The maximum Gasteiger partial charge on any atom is 0.177 e. The summed E-state index contributed by atoms with van der Waals surface area (Å²) in [6.07, 6.45) is 2.53. The van der Waals surface area contributed by atoms with E-state index in [0.29, 0.717) is 5.56 Å². The molecule has 2 rings (SSSR count). The van der Waals surface area contributed by atoms with Crippen LogP contribution in [0.2, 0.25) is 32.2 Å². The van der Waals surface area contributed by atoms with Crippen LogP contribution in [0.15, 0.2) is 48.5 Å². The lowest BCUT2D eigenvalue weighted by Crippen LogP contribution is -2.46. The van der Waals surface area contributed by atoms with Crippen LogP contribution in [-0.2, 0) is 10.2 Å². The molecule has 0 fully saturated rings. The first kappa shape index (κ1) is 20.6. The molecule has 2 aromatic rings. The third-order valence-corrected chi connectivity index (χ3v) is 11.9. The highest BCUT2D eigenvalue weighted by Gasteiger charge is 2.32. The zero-order chi connectivity index (χ0) is 19.2. The third-order valence-electron chi connectivity index (χ3n) is 4.62. The van der Waals surface area contributed by atoms with Gasteiger partial charge in [-0.15, -0.1) is 0 Å². The van der Waals surface area contributed by atoms with Crippen LogP contribution in [0.4, 0.5) is 0 Å². The fourth-order valence-corrected chi connectivity index (χ4v) is 12.6. The summed E-state index contributed by atoms with van der Waals surface area (Å²) in [5.74, 6) is 0. The molecule has 0 saturated carbocycles. The van der Waals surface area contributed by atoms with Crippen LogP contribution >= 0.6 is 0 Å². The van der Waals surface area contributed by atoms with E-state index in [1.54, 1.807) is 0 Å². The van der Waals surface area contributed by atoms with Gasteiger partial charge in [0.2, 0.25) is 0 Å². The Morgan fingerprint density at radius 1 is 0.846 bits per heavy atom. The van der Waals surface area contributed by atoms with Crippen LogP contribution < -0.4 is 0 Å². The SMILES string of the molecule is CCCC[Si](C)(C)O[Si](C)(C)Cc1ccc(-c2ccc(C#N)cc2)cc1. The van der Waals surface area contributed by atoms with Gasteiger partial charge in [-0.1, -0.05) is 56.2 Å². The van der Waals surface area contributed by atoms with Crippen molar-refractivity contribution in [1.29, 1.82) is 5.26 Å². The van der Waals surface area contributed by atoms with Gasteiger partial charge >= 0.3 is 0 Å². The molecule has 0 bridgehead atoms. The van der Waals surface area contributed by atoms with Gasteiger partial charge in [-0.05, 0) is 67.1 Å². The van der Waals surface area contributed by atoms with E-state index in [1.807, 2.05) is 24.3 Å². The topological polar surface area (TPSA) is 33.0 Å². The first-order chi connectivity index (χ1) is 12.2. The van der Waals surface area contributed by atoms with E-state index in [0.717, 1.165) is 11.6 Å². The highest BCUT2D eigenvalue weighted by Crippen LogP contribution is 2.25. The normalized spacial score (nSPS) is 12.0. The molecule has 0 aliphatic heterocycles. The molecule has 0 unspecified atom stereocenters. The minimum atomic E-state index is -1.71. The summed E-state index contributed by atoms with van der Waals surface area (Å²) in [7, 11) is -3.26. The standard InChI is InChI=1S/C22H31NOSi2/c1-6-7-16-25(2,3)24-26(4,5)18-20-10-14-22(15-11-20)21-12-8-19(17-23)9-13-21/h8-15H,6-7,16,18H2,1-5H3. The van der Waals surface area contributed by atoms with Crippen LogP contribution in [0.5, 0.6) is 0 Å². The van der Waals surface area contributed by atoms with Crippen molar-refractivity contribution in [1.82, 2.24) is 0 Å². The van der Waals surface area contributed by atoms with E-state index in [9.17, 15) is 0 Å². The minimum Gasteiger partial charge on any atom is -0.455 e. The number of hydrogen-bond donors (Lipinski definition) is 0. The smallest absolute Gasteiger partial charge is 0.177 e. The molecule has 0 aliphatic rings. The molecule has 4 heteroatoms. The molecule has 138 valence electrons. The van der Waals surface area contributed by atoms with Crippen LogP contribution in [0.1, 0.15) is 30.9 Å². The van der Waals surface area contributed by atoms with Gasteiger partial charge in [-0.3, -0.25) is 0 Å². The van der Waals surface area contributed by atoms with E-state index in [-0.39, 0.29) is 0 Å². The van der Waals surface area contributed by atoms with E-state index in [4.69, 9.17) is 9.38 Å². The summed E-state index contributed by atoms with van der Waals surface area (Å²) in [5.41, 5.74) is 4.40. The van der Waals surface area contributed by atoms with Crippen molar-refractivity contribution < 1.29 is 4.12 Å². The lowest BCUT2D eigenvalue weighted by molar-refractivity contribution is 0.533. The van der Waals surface area contributed by atoms with Crippen molar-refractivity contribution in [3.8, 4) is 17.2 Å². The average Bonchev–Trinajstić information content (AvgIpc) is 2.59. The Kier molecular flexibility index (Phi) is 6.99. The molecular formula is C22H31NOSi2. The van der Waals surface area contributed by atoms with Gasteiger partial charge in [0.25, 0.3) is 0 Å². The quantitative estimate of drug-likeness (QED) is 0.487. The first-order valence-electron chi connectivity index (χ1n) is 9.54. The van der Waals surface area contributed by atoms with Crippen molar-refractivity contribution in [3.63, 3.8) is 0 Å². The second-order valence-electron chi connectivity index (χ2n) is 8.29. The largest absolute Gasteiger partial charge is 0.455 e. The maximum atomic E-state index is 8.92. The Hall–Kier alpha value is -1.68. The van der Waals surface area contributed by atoms with Crippen molar-refractivity contribution >= 4 is 16.6 Å². The number of unbranched alkanes of at least 4 members (excludes halogenated alkanes) is 1. The molecule has 0 N–H and O–H groups in total.